The van der Waals surface area contributed by atoms with Gasteiger partial charge in [0.25, 0.3) is 0 Å². The lowest BCUT2D eigenvalue weighted by Crippen LogP contribution is -2.39. The standard InChI is InChI=1S/C15H20N2O3/c1-3-5-11-8-15(2,20-14(11)19)13(18)10-17-12-6-4-7-16-9-12/h4,6-7,9,11,17H,3,5,8,10H2,1-2H3. The summed E-state index contributed by atoms with van der Waals surface area (Å²) in [5, 5.41) is 3.00. The molecule has 0 aliphatic carbocycles. The van der Waals surface area contributed by atoms with E-state index in [9.17, 15) is 9.59 Å². The van der Waals surface area contributed by atoms with E-state index in [4.69, 9.17) is 4.74 Å². The van der Waals surface area contributed by atoms with Crippen LogP contribution in [-0.2, 0) is 14.3 Å². The highest BCUT2D eigenvalue weighted by molar-refractivity contribution is 5.95. The van der Waals surface area contributed by atoms with Gasteiger partial charge in [-0.05, 0) is 25.5 Å². The summed E-state index contributed by atoms with van der Waals surface area (Å²) in [4.78, 5) is 28.0. The molecule has 0 bridgehead atoms. The highest BCUT2D eigenvalue weighted by Gasteiger charge is 2.47. The van der Waals surface area contributed by atoms with Crippen LogP contribution in [0.3, 0.4) is 0 Å². The monoisotopic (exact) mass is 276 g/mol. The molecule has 1 aromatic rings. The van der Waals surface area contributed by atoms with Crippen LogP contribution in [0, 0.1) is 5.92 Å². The Bertz CT molecular complexity index is 489. The molecule has 0 aromatic carbocycles. The number of esters is 1. The van der Waals surface area contributed by atoms with E-state index in [2.05, 4.69) is 10.3 Å². The second-order valence-corrected chi connectivity index (χ2v) is 5.36. The maximum absolute atomic E-state index is 12.3. The molecule has 2 rings (SSSR count). The van der Waals surface area contributed by atoms with Gasteiger partial charge in [0.15, 0.2) is 11.4 Å². The number of pyridine rings is 1. The molecule has 5 heteroatoms. The van der Waals surface area contributed by atoms with Crippen molar-refractivity contribution in [3.63, 3.8) is 0 Å². The van der Waals surface area contributed by atoms with Crippen LogP contribution in [0.25, 0.3) is 0 Å². The van der Waals surface area contributed by atoms with Gasteiger partial charge in [0.1, 0.15) is 0 Å². The molecule has 1 aromatic heterocycles. The number of carbonyl (C=O) groups excluding carboxylic acids is 2. The summed E-state index contributed by atoms with van der Waals surface area (Å²) in [6.45, 7) is 3.86. The van der Waals surface area contributed by atoms with Crippen LogP contribution < -0.4 is 5.32 Å². The molecule has 1 aliphatic rings. The minimum atomic E-state index is -0.994. The average Bonchev–Trinajstić information content (AvgIpc) is 2.74. The fourth-order valence-electron chi connectivity index (χ4n) is 2.48. The Hall–Kier alpha value is -1.91. The minimum Gasteiger partial charge on any atom is -0.451 e. The van der Waals surface area contributed by atoms with Crippen molar-refractivity contribution >= 4 is 17.4 Å². The average molecular weight is 276 g/mol. The highest BCUT2D eigenvalue weighted by atomic mass is 16.6. The molecule has 5 nitrogen and oxygen atoms in total. The number of ether oxygens (including phenoxy) is 1. The number of nitrogens with zero attached hydrogens (tertiary/aromatic N) is 1. The number of carbonyl (C=O) groups is 2. The Balaban J connectivity index is 1.94. The van der Waals surface area contributed by atoms with Crippen molar-refractivity contribution < 1.29 is 14.3 Å². The summed E-state index contributed by atoms with van der Waals surface area (Å²) >= 11 is 0. The zero-order chi connectivity index (χ0) is 14.6. The first-order valence-corrected chi connectivity index (χ1v) is 6.95. The Kier molecular flexibility index (Phi) is 4.37. The van der Waals surface area contributed by atoms with E-state index < -0.39 is 5.60 Å². The normalized spacial score (nSPS) is 25.3. The number of rotatable bonds is 6. The van der Waals surface area contributed by atoms with Crippen molar-refractivity contribution in [3.8, 4) is 0 Å². The van der Waals surface area contributed by atoms with Crippen molar-refractivity contribution in [1.29, 1.82) is 0 Å². The molecule has 1 N–H and O–H groups in total. The molecular formula is C15H20N2O3. The largest absolute Gasteiger partial charge is 0.451 e. The molecule has 0 spiro atoms. The number of anilines is 1. The first-order chi connectivity index (χ1) is 9.55. The van der Waals surface area contributed by atoms with Gasteiger partial charge in [-0.2, -0.15) is 0 Å². The predicted molar refractivity (Wildman–Crippen MR) is 75.2 cm³/mol. The molecule has 0 radical (unpaired) electrons. The third-order valence-electron chi connectivity index (χ3n) is 3.64. The molecule has 1 saturated heterocycles. The summed E-state index contributed by atoms with van der Waals surface area (Å²) < 4.78 is 5.32. The van der Waals surface area contributed by atoms with Crippen molar-refractivity contribution in [2.75, 3.05) is 11.9 Å². The highest BCUT2D eigenvalue weighted by Crippen LogP contribution is 2.34. The summed E-state index contributed by atoms with van der Waals surface area (Å²) in [5.41, 5.74) is -0.217. The fourth-order valence-corrected chi connectivity index (χ4v) is 2.48. The van der Waals surface area contributed by atoms with Crippen molar-refractivity contribution in [3.05, 3.63) is 24.5 Å². The second-order valence-electron chi connectivity index (χ2n) is 5.36. The van der Waals surface area contributed by atoms with Crippen LogP contribution >= 0.6 is 0 Å². The zero-order valence-corrected chi connectivity index (χ0v) is 11.9. The number of nitrogens with one attached hydrogen (secondary N) is 1. The van der Waals surface area contributed by atoms with Gasteiger partial charge in [0, 0.05) is 18.8 Å². The van der Waals surface area contributed by atoms with Crippen LogP contribution in [0.1, 0.15) is 33.1 Å². The molecule has 2 heterocycles. The number of hydrogen-bond donors (Lipinski definition) is 1. The molecule has 1 aliphatic heterocycles. The lowest BCUT2D eigenvalue weighted by molar-refractivity contribution is -0.156. The van der Waals surface area contributed by atoms with Gasteiger partial charge in [0.2, 0.25) is 0 Å². The van der Waals surface area contributed by atoms with Crippen LogP contribution in [-0.4, -0.2) is 28.9 Å². The lowest BCUT2D eigenvalue weighted by Gasteiger charge is -2.21. The summed E-state index contributed by atoms with van der Waals surface area (Å²) in [7, 11) is 0. The number of aromatic nitrogens is 1. The molecule has 0 amide bonds. The van der Waals surface area contributed by atoms with E-state index >= 15 is 0 Å². The summed E-state index contributed by atoms with van der Waals surface area (Å²) in [5.74, 6) is -0.496. The Labute approximate surface area is 118 Å². The van der Waals surface area contributed by atoms with Crippen molar-refractivity contribution in [2.45, 2.75) is 38.7 Å². The maximum Gasteiger partial charge on any atom is 0.310 e. The molecular weight excluding hydrogens is 256 g/mol. The predicted octanol–water partition coefficient (Wildman–Crippen LogP) is 2.18. The van der Waals surface area contributed by atoms with Gasteiger partial charge in [-0.3, -0.25) is 14.6 Å². The topological polar surface area (TPSA) is 68.3 Å². The lowest BCUT2D eigenvalue weighted by atomic mass is 9.89. The fraction of sp³-hybridized carbons (Fsp3) is 0.533. The smallest absolute Gasteiger partial charge is 0.310 e. The first kappa shape index (κ1) is 14.5. The van der Waals surface area contributed by atoms with Crippen LogP contribution in [0.15, 0.2) is 24.5 Å². The van der Waals surface area contributed by atoms with Gasteiger partial charge >= 0.3 is 5.97 Å². The summed E-state index contributed by atoms with van der Waals surface area (Å²) in [6.07, 6.45) is 5.49. The second kappa shape index (κ2) is 6.03. The Morgan fingerprint density at radius 1 is 1.60 bits per heavy atom. The van der Waals surface area contributed by atoms with Gasteiger partial charge in [-0.25, -0.2) is 0 Å². The van der Waals surface area contributed by atoms with Gasteiger partial charge in [-0.15, -0.1) is 0 Å². The van der Waals surface area contributed by atoms with Crippen molar-refractivity contribution in [1.82, 2.24) is 4.98 Å². The van der Waals surface area contributed by atoms with Gasteiger partial charge < -0.3 is 10.1 Å². The molecule has 108 valence electrons. The summed E-state index contributed by atoms with van der Waals surface area (Å²) in [6, 6.07) is 3.63. The first-order valence-electron chi connectivity index (χ1n) is 6.95. The molecule has 1 fully saturated rings. The van der Waals surface area contributed by atoms with Crippen LogP contribution in [0.4, 0.5) is 5.69 Å². The quantitative estimate of drug-likeness (QED) is 0.807. The minimum absolute atomic E-state index is 0.103. The number of cyclic esters (lactones) is 1. The maximum atomic E-state index is 12.3. The number of Topliss-reactive ketones (excluding diaryl/α,β-unsaturated/α-hetero) is 1. The number of hydrogen-bond acceptors (Lipinski definition) is 5. The third-order valence-corrected chi connectivity index (χ3v) is 3.64. The van der Waals surface area contributed by atoms with E-state index in [1.807, 2.05) is 13.0 Å². The van der Waals surface area contributed by atoms with Crippen LogP contribution in [0.2, 0.25) is 0 Å². The van der Waals surface area contributed by atoms with Gasteiger partial charge in [0.05, 0.1) is 18.2 Å². The van der Waals surface area contributed by atoms with E-state index in [-0.39, 0.29) is 24.2 Å². The molecule has 2 atom stereocenters. The van der Waals surface area contributed by atoms with Crippen molar-refractivity contribution in [2.24, 2.45) is 5.92 Å². The van der Waals surface area contributed by atoms with E-state index in [0.29, 0.717) is 6.42 Å². The third kappa shape index (κ3) is 3.15. The van der Waals surface area contributed by atoms with E-state index in [1.54, 1.807) is 25.4 Å². The number of ketones is 1. The van der Waals surface area contributed by atoms with Gasteiger partial charge in [-0.1, -0.05) is 13.3 Å². The molecule has 2 unspecified atom stereocenters. The van der Waals surface area contributed by atoms with E-state index in [1.165, 1.54) is 0 Å². The van der Waals surface area contributed by atoms with E-state index in [0.717, 1.165) is 18.5 Å². The molecule has 20 heavy (non-hydrogen) atoms. The Morgan fingerprint density at radius 2 is 2.40 bits per heavy atom. The Morgan fingerprint density at radius 3 is 3.05 bits per heavy atom. The molecule has 0 saturated carbocycles. The SMILES string of the molecule is CCCC1CC(C)(C(=O)CNc2cccnc2)OC1=O. The van der Waals surface area contributed by atoms with Crippen LogP contribution in [0.5, 0.6) is 0 Å². The zero-order valence-electron chi connectivity index (χ0n) is 11.9.